The lowest BCUT2D eigenvalue weighted by Crippen LogP contribution is -2.47. The van der Waals surface area contributed by atoms with Crippen LogP contribution in [-0.2, 0) is 11.0 Å². The van der Waals surface area contributed by atoms with Gasteiger partial charge in [-0.1, -0.05) is 48.9 Å². The van der Waals surface area contributed by atoms with E-state index in [0.29, 0.717) is 5.01 Å². The summed E-state index contributed by atoms with van der Waals surface area (Å²) in [6.45, 7) is 5.45. The number of halogens is 3. The Kier molecular flexibility index (Phi) is 6.93. The maximum absolute atomic E-state index is 12.8. The standard InChI is InChI=1S/C22H21F3N4O2S/c1-12(2)17(26-18(30)14-7-9-16(10-8-14)22(23,24)25)19(31)27-21-29-28-20(32-21)15-6-4-5-13(3)11-15/h4-12,17H,1-3H3,(H,26,30)(H,27,29,31). The highest BCUT2D eigenvalue weighted by Crippen LogP contribution is 2.29. The molecule has 0 aliphatic rings. The number of nitrogens with zero attached hydrogens (tertiary/aromatic N) is 2. The highest BCUT2D eigenvalue weighted by molar-refractivity contribution is 7.18. The predicted molar refractivity (Wildman–Crippen MR) is 116 cm³/mol. The molecule has 3 aromatic rings. The molecule has 2 aromatic carbocycles. The van der Waals surface area contributed by atoms with Crippen LogP contribution < -0.4 is 10.6 Å². The van der Waals surface area contributed by atoms with Crippen LogP contribution >= 0.6 is 11.3 Å². The number of carbonyl (C=O) groups excluding carboxylic acids is 2. The fraction of sp³-hybridized carbons (Fsp3) is 0.273. The van der Waals surface area contributed by atoms with E-state index in [4.69, 9.17) is 0 Å². The molecule has 0 fully saturated rings. The average Bonchev–Trinajstić information content (AvgIpc) is 3.19. The summed E-state index contributed by atoms with van der Waals surface area (Å²) in [6.07, 6.45) is -4.49. The minimum atomic E-state index is -4.49. The van der Waals surface area contributed by atoms with Gasteiger partial charge in [-0.3, -0.25) is 14.9 Å². The molecule has 1 unspecified atom stereocenters. The van der Waals surface area contributed by atoms with Crippen molar-refractivity contribution in [3.63, 3.8) is 0 Å². The molecule has 0 saturated carbocycles. The summed E-state index contributed by atoms with van der Waals surface area (Å²) in [5.41, 5.74) is 1.11. The number of aryl methyl sites for hydroxylation is 1. The normalized spacial score (nSPS) is 12.5. The van der Waals surface area contributed by atoms with Crippen molar-refractivity contribution in [1.82, 2.24) is 15.5 Å². The van der Waals surface area contributed by atoms with Crippen LogP contribution in [-0.4, -0.2) is 28.1 Å². The van der Waals surface area contributed by atoms with Crippen LogP contribution in [0.3, 0.4) is 0 Å². The molecule has 1 heterocycles. The Labute approximate surface area is 186 Å². The first-order chi connectivity index (χ1) is 15.0. The second-order valence-electron chi connectivity index (χ2n) is 7.54. The van der Waals surface area contributed by atoms with Gasteiger partial charge >= 0.3 is 6.18 Å². The molecule has 3 rings (SSSR count). The molecular weight excluding hydrogens is 441 g/mol. The monoisotopic (exact) mass is 462 g/mol. The van der Waals surface area contributed by atoms with Gasteiger partial charge in [-0.05, 0) is 43.2 Å². The summed E-state index contributed by atoms with van der Waals surface area (Å²) in [5.74, 6) is -1.42. The summed E-state index contributed by atoms with van der Waals surface area (Å²) < 4.78 is 38.1. The van der Waals surface area contributed by atoms with E-state index in [1.165, 1.54) is 11.3 Å². The minimum absolute atomic E-state index is 0.0223. The molecule has 0 aliphatic carbocycles. The number of benzene rings is 2. The second kappa shape index (κ2) is 9.47. The van der Waals surface area contributed by atoms with Crippen molar-refractivity contribution in [1.29, 1.82) is 0 Å². The number of rotatable bonds is 6. The van der Waals surface area contributed by atoms with E-state index in [-0.39, 0.29) is 16.6 Å². The van der Waals surface area contributed by atoms with Crippen LogP contribution in [0.25, 0.3) is 10.6 Å². The summed E-state index contributed by atoms with van der Waals surface area (Å²) in [6, 6.07) is 10.6. The van der Waals surface area contributed by atoms with Crippen molar-refractivity contribution in [3.8, 4) is 10.6 Å². The van der Waals surface area contributed by atoms with Crippen molar-refractivity contribution in [2.45, 2.75) is 33.0 Å². The largest absolute Gasteiger partial charge is 0.416 e. The molecule has 0 spiro atoms. The second-order valence-corrected chi connectivity index (χ2v) is 8.52. The third-order valence-corrected chi connectivity index (χ3v) is 5.52. The number of anilines is 1. The molecule has 1 atom stereocenters. The maximum Gasteiger partial charge on any atom is 0.416 e. The SMILES string of the molecule is Cc1cccc(-c2nnc(NC(=O)C(NC(=O)c3ccc(C(F)(F)F)cc3)C(C)C)s2)c1. The maximum atomic E-state index is 12.8. The van der Waals surface area contributed by atoms with Gasteiger partial charge in [0.2, 0.25) is 11.0 Å². The minimum Gasteiger partial charge on any atom is -0.340 e. The van der Waals surface area contributed by atoms with Gasteiger partial charge in [-0.25, -0.2) is 0 Å². The quantitative estimate of drug-likeness (QED) is 0.544. The first kappa shape index (κ1) is 23.4. The zero-order valence-electron chi connectivity index (χ0n) is 17.5. The van der Waals surface area contributed by atoms with Crippen molar-refractivity contribution < 1.29 is 22.8 Å². The molecule has 168 valence electrons. The van der Waals surface area contributed by atoms with E-state index in [1.807, 2.05) is 31.2 Å². The smallest absolute Gasteiger partial charge is 0.340 e. The number of carbonyl (C=O) groups is 2. The Morgan fingerprint density at radius 2 is 1.72 bits per heavy atom. The van der Waals surface area contributed by atoms with Gasteiger partial charge in [-0.15, -0.1) is 10.2 Å². The summed E-state index contributed by atoms with van der Waals surface area (Å²) in [7, 11) is 0. The number of nitrogens with one attached hydrogen (secondary N) is 2. The molecule has 2 N–H and O–H groups in total. The highest BCUT2D eigenvalue weighted by atomic mass is 32.1. The molecule has 32 heavy (non-hydrogen) atoms. The van der Waals surface area contributed by atoms with Crippen molar-refractivity contribution in [3.05, 3.63) is 65.2 Å². The zero-order valence-corrected chi connectivity index (χ0v) is 18.3. The summed E-state index contributed by atoms with van der Waals surface area (Å²) in [4.78, 5) is 25.3. The predicted octanol–water partition coefficient (Wildman–Crippen LogP) is 4.93. The van der Waals surface area contributed by atoms with Crippen LogP contribution in [0.5, 0.6) is 0 Å². The Morgan fingerprint density at radius 3 is 2.31 bits per heavy atom. The molecule has 2 amide bonds. The van der Waals surface area contributed by atoms with Gasteiger partial charge in [-0.2, -0.15) is 13.2 Å². The van der Waals surface area contributed by atoms with E-state index in [0.717, 1.165) is 35.4 Å². The Balaban J connectivity index is 1.69. The van der Waals surface area contributed by atoms with Crippen molar-refractivity contribution in [2.24, 2.45) is 5.92 Å². The topological polar surface area (TPSA) is 84.0 Å². The fourth-order valence-electron chi connectivity index (χ4n) is 2.92. The Bertz CT molecular complexity index is 1110. The molecule has 0 bridgehead atoms. The van der Waals surface area contributed by atoms with Gasteiger partial charge < -0.3 is 5.32 Å². The fourth-order valence-corrected chi connectivity index (χ4v) is 3.66. The van der Waals surface area contributed by atoms with Crippen molar-refractivity contribution >= 4 is 28.3 Å². The van der Waals surface area contributed by atoms with Gasteiger partial charge in [0.05, 0.1) is 5.56 Å². The zero-order chi connectivity index (χ0) is 23.5. The van der Waals surface area contributed by atoms with E-state index < -0.39 is 29.6 Å². The van der Waals surface area contributed by atoms with Crippen LogP contribution in [0, 0.1) is 12.8 Å². The van der Waals surface area contributed by atoms with Crippen molar-refractivity contribution in [2.75, 3.05) is 5.32 Å². The third-order valence-electron chi connectivity index (χ3n) is 4.63. The van der Waals surface area contributed by atoms with Gasteiger partial charge in [0.15, 0.2) is 0 Å². The molecular formula is C22H21F3N4O2S. The van der Waals surface area contributed by atoms with Crippen LogP contribution in [0.4, 0.5) is 18.3 Å². The molecule has 0 saturated heterocycles. The number of hydrogen-bond acceptors (Lipinski definition) is 5. The lowest BCUT2D eigenvalue weighted by Gasteiger charge is -2.21. The molecule has 1 aromatic heterocycles. The average molecular weight is 462 g/mol. The molecule has 6 nitrogen and oxygen atoms in total. The van der Waals surface area contributed by atoms with Gasteiger partial charge in [0.25, 0.3) is 5.91 Å². The lowest BCUT2D eigenvalue weighted by molar-refractivity contribution is -0.137. The van der Waals surface area contributed by atoms with Crippen LogP contribution in [0.1, 0.15) is 35.3 Å². The van der Waals surface area contributed by atoms with Crippen LogP contribution in [0.15, 0.2) is 48.5 Å². The Morgan fingerprint density at radius 1 is 1.03 bits per heavy atom. The number of alkyl halides is 3. The molecule has 0 aliphatic heterocycles. The van der Waals surface area contributed by atoms with E-state index in [9.17, 15) is 22.8 Å². The summed E-state index contributed by atoms with van der Waals surface area (Å²) >= 11 is 1.20. The number of hydrogen-bond donors (Lipinski definition) is 2. The van der Waals surface area contributed by atoms with E-state index in [2.05, 4.69) is 20.8 Å². The van der Waals surface area contributed by atoms with E-state index in [1.54, 1.807) is 13.8 Å². The van der Waals surface area contributed by atoms with Gasteiger partial charge in [0, 0.05) is 11.1 Å². The highest BCUT2D eigenvalue weighted by Gasteiger charge is 2.31. The number of amides is 2. The first-order valence-corrected chi connectivity index (χ1v) is 10.6. The molecule has 10 heteroatoms. The molecule has 0 radical (unpaired) electrons. The van der Waals surface area contributed by atoms with Crippen LogP contribution in [0.2, 0.25) is 0 Å². The van der Waals surface area contributed by atoms with Gasteiger partial charge in [0.1, 0.15) is 11.0 Å². The number of aromatic nitrogens is 2. The van der Waals surface area contributed by atoms with E-state index >= 15 is 0 Å². The summed E-state index contributed by atoms with van der Waals surface area (Å²) in [5, 5.41) is 14.2. The first-order valence-electron chi connectivity index (χ1n) is 9.74. The Hall–Kier alpha value is -3.27. The lowest BCUT2D eigenvalue weighted by atomic mass is 10.0. The third kappa shape index (κ3) is 5.70.